The minimum atomic E-state index is -2.49. The number of rotatable bonds is 3. The molecule has 0 aliphatic heterocycles. The van der Waals surface area contributed by atoms with Crippen molar-refractivity contribution in [2.75, 3.05) is 12.3 Å². The third-order valence-corrected chi connectivity index (χ3v) is 2.09. The van der Waals surface area contributed by atoms with Crippen LogP contribution in [0.4, 0.5) is 14.5 Å². The summed E-state index contributed by atoms with van der Waals surface area (Å²) in [6, 6.07) is 6.61. The zero-order valence-corrected chi connectivity index (χ0v) is 8.36. The number of nitrogen functional groups attached to an aromatic ring is 1. The predicted molar refractivity (Wildman–Crippen MR) is 57.7 cm³/mol. The van der Waals surface area contributed by atoms with Gasteiger partial charge in [0.05, 0.1) is 5.52 Å². The number of nitrogens with zero attached hydrogens (tertiary/aromatic N) is 1. The fraction of sp³-hybridized carbons (Fsp3) is 0.182. The summed E-state index contributed by atoms with van der Waals surface area (Å²) in [4.78, 5) is 4.08. The van der Waals surface area contributed by atoms with Crippen molar-refractivity contribution in [1.29, 1.82) is 0 Å². The molecule has 0 atom stereocenters. The van der Waals surface area contributed by atoms with Gasteiger partial charge in [-0.25, -0.2) is 8.78 Å². The topological polar surface area (TPSA) is 48.1 Å². The number of ether oxygens (including phenoxy) is 1. The fourth-order valence-corrected chi connectivity index (χ4v) is 1.42. The maximum atomic E-state index is 12.0. The molecule has 2 N–H and O–H groups in total. The van der Waals surface area contributed by atoms with Crippen LogP contribution in [0.15, 0.2) is 30.5 Å². The molecule has 2 aromatic rings. The van der Waals surface area contributed by atoms with Crippen molar-refractivity contribution in [3.8, 4) is 5.75 Å². The normalized spacial score (nSPS) is 10.9. The number of benzene rings is 1. The molecule has 3 nitrogen and oxygen atoms in total. The first-order chi connectivity index (χ1) is 7.66. The van der Waals surface area contributed by atoms with Crippen molar-refractivity contribution in [2.24, 2.45) is 0 Å². The molecule has 0 aliphatic carbocycles. The monoisotopic (exact) mass is 224 g/mol. The van der Waals surface area contributed by atoms with E-state index in [1.807, 2.05) is 0 Å². The molecule has 0 radical (unpaired) electrons. The van der Waals surface area contributed by atoms with Gasteiger partial charge in [-0.05, 0) is 24.3 Å². The van der Waals surface area contributed by atoms with Gasteiger partial charge >= 0.3 is 0 Å². The maximum absolute atomic E-state index is 12.0. The Balaban J connectivity index is 2.38. The van der Waals surface area contributed by atoms with Crippen LogP contribution in [0.25, 0.3) is 10.9 Å². The Bertz CT molecular complexity index is 502. The van der Waals surface area contributed by atoms with E-state index in [4.69, 9.17) is 10.5 Å². The molecule has 0 saturated heterocycles. The molecule has 0 amide bonds. The lowest BCUT2D eigenvalue weighted by Gasteiger charge is -2.08. The quantitative estimate of drug-likeness (QED) is 0.814. The smallest absolute Gasteiger partial charge is 0.272 e. The third kappa shape index (κ3) is 2.18. The first-order valence-electron chi connectivity index (χ1n) is 4.72. The number of nitrogens with two attached hydrogens (primary N) is 1. The SMILES string of the molecule is Nc1ccc2c(OCC(F)F)ccnc2c1. The highest BCUT2D eigenvalue weighted by Gasteiger charge is 2.07. The van der Waals surface area contributed by atoms with E-state index in [0.717, 1.165) is 0 Å². The van der Waals surface area contributed by atoms with Crippen LogP contribution in [0.3, 0.4) is 0 Å². The average Bonchev–Trinajstić information content (AvgIpc) is 2.25. The van der Waals surface area contributed by atoms with Crippen LogP contribution in [0, 0.1) is 0 Å². The second-order valence-corrected chi connectivity index (χ2v) is 3.29. The minimum Gasteiger partial charge on any atom is -0.487 e. The molecule has 0 unspecified atom stereocenters. The van der Waals surface area contributed by atoms with Gasteiger partial charge in [0.25, 0.3) is 6.43 Å². The van der Waals surface area contributed by atoms with Crippen molar-refractivity contribution in [3.63, 3.8) is 0 Å². The number of hydrogen-bond acceptors (Lipinski definition) is 3. The van der Waals surface area contributed by atoms with Crippen LogP contribution in [-0.2, 0) is 0 Å². The summed E-state index contributed by atoms with van der Waals surface area (Å²) in [5.74, 6) is 0.394. The Morgan fingerprint density at radius 3 is 2.88 bits per heavy atom. The summed E-state index contributed by atoms with van der Waals surface area (Å²) in [7, 11) is 0. The number of aromatic nitrogens is 1. The van der Waals surface area contributed by atoms with Crippen LogP contribution >= 0.6 is 0 Å². The summed E-state index contributed by atoms with van der Waals surface area (Å²) in [6.07, 6.45) is -0.986. The fourth-order valence-electron chi connectivity index (χ4n) is 1.42. The van der Waals surface area contributed by atoms with Crippen molar-refractivity contribution in [2.45, 2.75) is 6.43 Å². The highest BCUT2D eigenvalue weighted by atomic mass is 19.3. The van der Waals surface area contributed by atoms with Gasteiger partial charge < -0.3 is 10.5 Å². The number of pyridine rings is 1. The Kier molecular flexibility index (Phi) is 2.85. The van der Waals surface area contributed by atoms with Crippen molar-refractivity contribution < 1.29 is 13.5 Å². The van der Waals surface area contributed by atoms with E-state index in [9.17, 15) is 8.78 Å². The lowest BCUT2D eigenvalue weighted by atomic mass is 10.2. The summed E-state index contributed by atoms with van der Waals surface area (Å²) >= 11 is 0. The predicted octanol–water partition coefficient (Wildman–Crippen LogP) is 2.46. The summed E-state index contributed by atoms with van der Waals surface area (Å²) in [6.45, 7) is -0.622. The molecule has 0 aliphatic rings. The number of anilines is 1. The van der Waals surface area contributed by atoms with Crippen LogP contribution in [0.1, 0.15) is 0 Å². The van der Waals surface area contributed by atoms with Crippen molar-refractivity contribution in [1.82, 2.24) is 4.98 Å². The van der Waals surface area contributed by atoms with Gasteiger partial charge in [0.2, 0.25) is 0 Å². The lowest BCUT2D eigenvalue weighted by molar-refractivity contribution is 0.0826. The summed E-state index contributed by atoms with van der Waals surface area (Å²) in [5, 5.41) is 0.678. The first-order valence-corrected chi connectivity index (χ1v) is 4.72. The van der Waals surface area contributed by atoms with Crippen molar-refractivity contribution in [3.05, 3.63) is 30.5 Å². The van der Waals surface area contributed by atoms with Crippen molar-refractivity contribution >= 4 is 16.6 Å². The second-order valence-electron chi connectivity index (χ2n) is 3.29. The number of alkyl halides is 2. The third-order valence-electron chi connectivity index (χ3n) is 2.09. The molecule has 0 spiro atoms. The van der Waals surface area contributed by atoms with E-state index in [1.165, 1.54) is 6.20 Å². The van der Waals surface area contributed by atoms with E-state index in [-0.39, 0.29) is 0 Å². The Morgan fingerprint density at radius 2 is 2.12 bits per heavy atom. The van der Waals surface area contributed by atoms with Crippen LogP contribution in [-0.4, -0.2) is 18.0 Å². The average molecular weight is 224 g/mol. The first kappa shape index (κ1) is 10.6. The molecule has 1 aromatic carbocycles. The lowest BCUT2D eigenvalue weighted by Crippen LogP contribution is -2.07. The number of fused-ring (bicyclic) bond motifs is 1. The van der Waals surface area contributed by atoms with Gasteiger partial charge in [0, 0.05) is 17.3 Å². The molecular weight excluding hydrogens is 214 g/mol. The van der Waals surface area contributed by atoms with Gasteiger partial charge in [0.1, 0.15) is 12.4 Å². The van der Waals surface area contributed by atoms with Gasteiger partial charge in [-0.3, -0.25) is 4.98 Å². The summed E-state index contributed by atoms with van der Waals surface area (Å²) < 4.78 is 29.0. The molecule has 2 rings (SSSR count). The highest BCUT2D eigenvalue weighted by Crippen LogP contribution is 2.25. The molecule has 1 heterocycles. The van der Waals surface area contributed by atoms with Crippen LogP contribution in [0.2, 0.25) is 0 Å². The molecule has 0 saturated carbocycles. The number of halogens is 2. The standard InChI is InChI=1S/C11H10F2N2O/c12-11(13)6-16-10-3-4-15-9-5-7(14)1-2-8(9)10/h1-5,11H,6,14H2. The Labute approximate surface area is 90.8 Å². The molecule has 0 bridgehead atoms. The highest BCUT2D eigenvalue weighted by molar-refractivity contribution is 5.87. The molecule has 5 heteroatoms. The molecule has 1 aromatic heterocycles. The van der Waals surface area contributed by atoms with E-state index >= 15 is 0 Å². The molecule has 84 valence electrons. The zero-order valence-electron chi connectivity index (χ0n) is 8.36. The van der Waals surface area contributed by atoms with Gasteiger partial charge in [-0.1, -0.05) is 0 Å². The van der Waals surface area contributed by atoms with E-state index < -0.39 is 13.0 Å². The summed E-state index contributed by atoms with van der Waals surface area (Å²) in [5.41, 5.74) is 6.80. The Morgan fingerprint density at radius 1 is 1.31 bits per heavy atom. The van der Waals surface area contributed by atoms with E-state index in [2.05, 4.69) is 4.98 Å². The van der Waals surface area contributed by atoms with Gasteiger partial charge in [-0.15, -0.1) is 0 Å². The molecule has 16 heavy (non-hydrogen) atoms. The Hall–Kier alpha value is -1.91. The number of hydrogen-bond donors (Lipinski definition) is 1. The van der Waals surface area contributed by atoms with Gasteiger partial charge in [0.15, 0.2) is 0 Å². The van der Waals surface area contributed by atoms with E-state index in [1.54, 1.807) is 24.3 Å². The van der Waals surface area contributed by atoms with Crippen LogP contribution < -0.4 is 10.5 Å². The van der Waals surface area contributed by atoms with E-state index in [0.29, 0.717) is 22.3 Å². The second kappa shape index (κ2) is 4.30. The van der Waals surface area contributed by atoms with Gasteiger partial charge in [-0.2, -0.15) is 0 Å². The molecule has 0 fully saturated rings. The molecular formula is C11H10F2N2O. The minimum absolute atomic E-state index is 0.394. The van der Waals surface area contributed by atoms with Crippen LogP contribution in [0.5, 0.6) is 5.75 Å². The zero-order chi connectivity index (χ0) is 11.5. The largest absolute Gasteiger partial charge is 0.487 e. The maximum Gasteiger partial charge on any atom is 0.272 e.